The van der Waals surface area contributed by atoms with Gasteiger partial charge in [-0.1, -0.05) is 0 Å². The first-order valence-electron chi connectivity index (χ1n) is 6.88. The lowest BCUT2D eigenvalue weighted by atomic mass is 9.82. The number of benzene rings is 1. The van der Waals surface area contributed by atoms with Crippen molar-refractivity contribution >= 4 is 5.78 Å². The molecule has 108 valence electrons. The third-order valence-electron chi connectivity index (χ3n) is 4.13. The Labute approximate surface area is 116 Å². The number of ether oxygens (including phenoxy) is 1. The number of fused-ring (bicyclic) bond motifs is 2. The third-order valence-corrected chi connectivity index (χ3v) is 4.13. The normalized spacial score (nSPS) is 29.2. The largest absolute Gasteiger partial charge is 0.378 e. The molecule has 2 aliphatic rings. The van der Waals surface area contributed by atoms with Crippen LogP contribution in [0.15, 0.2) is 12.1 Å². The molecule has 2 fully saturated rings. The standard InChI is InChI=1S/C15H17F2NO2/c1-8-2-12(14(17)5-13(8)16)15(19)9-3-10-6-20-7-11(4-9)18-10/h2,5,9-11,18H,3-4,6-7H2,1H3. The zero-order chi connectivity index (χ0) is 14.3. The minimum atomic E-state index is -0.766. The van der Waals surface area contributed by atoms with Crippen molar-refractivity contribution < 1.29 is 18.3 Å². The van der Waals surface area contributed by atoms with E-state index >= 15 is 0 Å². The fraction of sp³-hybridized carbons (Fsp3) is 0.533. The molecule has 2 aliphatic heterocycles. The molecule has 1 aromatic rings. The molecule has 0 amide bonds. The SMILES string of the molecule is Cc1cc(C(=O)C2CC3COCC(C2)N3)c(F)cc1F. The van der Waals surface area contributed by atoms with Crippen molar-refractivity contribution in [3.8, 4) is 0 Å². The van der Waals surface area contributed by atoms with E-state index in [1.807, 2.05) is 0 Å². The summed E-state index contributed by atoms with van der Waals surface area (Å²) in [5, 5.41) is 3.39. The van der Waals surface area contributed by atoms with E-state index in [4.69, 9.17) is 4.74 Å². The Morgan fingerprint density at radius 2 is 1.85 bits per heavy atom. The number of aryl methyl sites for hydroxylation is 1. The van der Waals surface area contributed by atoms with E-state index in [2.05, 4.69) is 5.32 Å². The number of piperidine rings is 1. The van der Waals surface area contributed by atoms with E-state index in [-0.39, 0.29) is 29.3 Å². The first-order valence-corrected chi connectivity index (χ1v) is 6.88. The smallest absolute Gasteiger partial charge is 0.169 e. The summed E-state index contributed by atoms with van der Waals surface area (Å²) in [5.74, 6) is -1.81. The van der Waals surface area contributed by atoms with E-state index in [1.165, 1.54) is 13.0 Å². The summed E-state index contributed by atoms with van der Waals surface area (Å²) >= 11 is 0. The summed E-state index contributed by atoms with van der Waals surface area (Å²) in [4.78, 5) is 12.5. The summed E-state index contributed by atoms with van der Waals surface area (Å²) in [7, 11) is 0. The van der Waals surface area contributed by atoms with Gasteiger partial charge in [-0.05, 0) is 31.4 Å². The summed E-state index contributed by atoms with van der Waals surface area (Å²) in [6.07, 6.45) is 1.29. The fourth-order valence-electron chi connectivity index (χ4n) is 3.12. The second kappa shape index (κ2) is 5.22. The van der Waals surface area contributed by atoms with Crippen LogP contribution < -0.4 is 5.32 Å². The minimum absolute atomic E-state index is 0.00907. The number of nitrogens with one attached hydrogen (secondary N) is 1. The molecule has 2 bridgehead atoms. The lowest BCUT2D eigenvalue weighted by Crippen LogP contribution is -2.55. The fourth-order valence-corrected chi connectivity index (χ4v) is 3.12. The molecular weight excluding hydrogens is 264 g/mol. The minimum Gasteiger partial charge on any atom is -0.378 e. The van der Waals surface area contributed by atoms with Crippen LogP contribution in [-0.4, -0.2) is 31.1 Å². The molecule has 2 unspecified atom stereocenters. The van der Waals surface area contributed by atoms with E-state index in [0.29, 0.717) is 31.6 Å². The first-order chi connectivity index (χ1) is 9.54. The maximum absolute atomic E-state index is 13.8. The monoisotopic (exact) mass is 281 g/mol. The number of rotatable bonds is 2. The molecular formula is C15H17F2NO2. The molecule has 1 aromatic carbocycles. The Hall–Kier alpha value is -1.33. The topological polar surface area (TPSA) is 38.3 Å². The van der Waals surface area contributed by atoms with Crippen LogP contribution in [0.1, 0.15) is 28.8 Å². The van der Waals surface area contributed by atoms with Crippen molar-refractivity contribution in [3.05, 3.63) is 34.9 Å². The highest BCUT2D eigenvalue weighted by atomic mass is 19.1. The van der Waals surface area contributed by atoms with Crippen LogP contribution in [0, 0.1) is 24.5 Å². The molecule has 1 N–H and O–H groups in total. The molecule has 2 heterocycles. The number of Topliss-reactive ketones (excluding diaryl/α,β-unsaturated/α-hetero) is 1. The third kappa shape index (κ3) is 2.47. The van der Waals surface area contributed by atoms with E-state index in [0.717, 1.165) is 6.07 Å². The summed E-state index contributed by atoms with van der Waals surface area (Å²) < 4.78 is 32.5. The van der Waals surface area contributed by atoms with Crippen molar-refractivity contribution in [2.75, 3.05) is 13.2 Å². The Bertz CT molecular complexity index is 535. The van der Waals surface area contributed by atoms with Gasteiger partial charge in [0.1, 0.15) is 11.6 Å². The molecule has 5 heteroatoms. The highest BCUT2D eigenvalue weighted by Gasteiger charge is 2.36. The second-order valence-corrected chi connectivity index (χ2v) is 5.71. The first kappa shape index (κ1) is 13.6. The van der Waals surface area contributed by atoms with Crippen LogP contribution in [-0.2, 0) is 4.74 Å². The molecule has 20 heavy (non-hydrogen) atoms. The average Bonchev–Trinajstić information content (AvgIpc) is 2.41. The zero-order valence-electron chi connectivity index (χ0n) is 11.3. The van der Waals surface area contributed by atoms with Gasteiger partial charge in [0.25, 0.3) is 0 Å². The zero-order valence-corrected chi connectivity index (χ0v) is 11.3. The molecule has 0 saturated carbocycles. The predicted molar refractivity (Wildman–Crippen MR) is 69.7 cm³/mol. The van der Waals surface area contributed by atoms with Gasteiger partial charge < -0.3 is 10.1 Å². The van der Waals surface area contributed by atoms with Gasteiger partial charge in [0.15, 0.2) is 5.78 Å². The molecule has 0 spiro atoms. The molecule has 3 nitrogen and oxygen atoms in total. The van der Waals surface area contributed by atoms with Gasteiger partial charge in [0.2, 0.25) is 0 Å². The highest BCUT2D eigenvalue weighted by Crippen LogP contribution is 2.28. The van der Waals surface area contributed by atoms with Gasteiger partial charge >= 0.3 is 0 Å². The van der Waals surface area contributed by atoms with Gasteiger partial charge in [-0.2, -0.15) is 0 Å². The Morgan fingerprint density at radius 3 is 2.50 bits per heavy atom. The molecule has 2 atom stereocenters. The van der Waals surface area contributed by atoms with E-state index < -0.39 is 11.6 Å². The number of ketones is 1. The van der Waals surface area contributed by atoms with Crippen molar-refractivity contribution in [1.82, 2.24) is 5.32 Å². The molecule has 0 radical (unpaired) electrons. The second-order valence-electron chi connectivity index (χ2n) is 5.71. The van der Waals surface area contributed by atoms with Crippen molar-refractivity contribution in [3.63, 3.8) is 0 Å². The number of halogens is 2. The number of hydrogen-bond donors (Lipinski definition) is 1. The average molecular weight is 281 g/mol. The summed E-state index contributed by atoms with van der Waals surface area (Å²) in [6.45, 7) is 2.72. The van der Waals surface area contributed by atoms with Gasteiger partial charge in [0.05, 0.1) is 18.8 Å². The number of morpholine rings is 1. The van der Waals surface area contributed by atoms with Gasteiger partial charge in [-0.15, -0.1) is 0 Å². The van der Waals surface area contributed by atoms with Crippen LogP contribution in [0.5, 0.6) is 0 Å². The van der Waals surface area contributed by atoms with Crippen molar-refractivity contribution in [2.24, 2.45) is 5.92 Å². The predicted octanol–water partition coefficient (Wildman–Crippen LogP) is 2.22. The van der Waals surface area contributed by atoms with Crippen LogP contribution in [0.2, 0.25) is 0 Å². The Balaban J connectivity index is 1.84. The number of carbonyl (C=O) groups excluding carboxylic acids is 1. The maximum atomic E-state index is 13.8. The van der Waals surface area contributed by atoms with Gasteiger partial charge in [-0.25, -0.2) is 8.78 Å². The Morgan fingerprint density at radius 1 is 1.20 bits per heavy atom. The van der Waals surface area contributed by atoms with Crippen LogP contribution in [0.25, 0.3) is 0 Å². The maximum Gasteiger partial charge on any atom is 0.169 e. The van der Waals surface area contributed by atoms with Crippen molar-refractivity contribution in [1.29, 1.82) is 0 Å². The van der Waals surface area contributed by atoms with Gasteiger partial charge in [-0.3, -0.25) is 4.79 Å². The molecule has 3 rings (SSSR count). The van der Waals surface area contributed by atoms with E-state index in [1.54, 1.807) is 0 Å². The molecule has 0 aromatic heterocycles. The lowest BCUT2D eigenvalue weighted by Gasteiger charge is -2.39. The van der Waals surface area contributed by atoms with Crippen molar-refractivity contribution in [2.45, 2.75) is 31.8 Å². The number of hydrogen-bond acceptors (Lipinski definition) is 3. The van der Waals surface area contributed by atoms with Crippen LogP contribution in [0.4, 0.5) is 8.78 Å². The summed E-state index contributed by atoms with van der Waals surface area (Å²) in [6, 6.07) is 2.43. The molecule has 0 aliphatic carbocycles. The number of carbonyl (C=O) groups is 1. The molecule has 2 saturated heterocycles. The highest BCUT2D eigenvalue weighted by molar-refractivity contribution is 5.98. The van der Waals surface area contributed by atoms with Crippen LogP contribution in [0.3, 0.4) is 0 Å². The van der Waals surface area contributed by atoms with Crippen LogP contribution >= 0.6 is 0 Å². The lowest BCUT2D eigenvalue weighted by molar-refractivity contribution is 0.00945. The van der Waals surface area contributed by atoms with Gasteiger partial charge in [0, 0.05) is 24.1 Å². The van der Waals surface area contributed by atoms with E-state index in [9.17, 15) is 13.6 Å². The quantitative estimate of drug-likeness (QED) is 0.845. The Kier molecular flexibility index (Phi) is 3.56. The summed E-state index contributed by atoms with van der Waals surface area (Å²) in [5.41, 5.74) is 0.307.